The van der Waals surface area contributed by atoms with Crippen molar-refractivity contribution in [2.75, 3.05) is 6.26 Å². The van der Waals surface area contributed by atoms with E-state index in [4.69, 9.17) is 9.52 Å². The summed E-state index contributed by atoms with van der Waals surface area (Å²) >= 11 is 0. The first-order chi connectivity index (χ1) is 10.9. The monoisotopic (exact) mass is 330 g/mol. The number of carboxylic acid groups (broad SMARTS) is 1. The van der Waals surface area contributed by atoms with Gasteiger partial charge in [-0.1, -0.05) is 6.92 Å². The predicted molar refractivity (Wildman–Crippen MR) is 88.7 cm³/mol. The minimum atomic E-state index is -1.31. The van der Waals surface area contributed by atoms with Gasteiger partial charge in [0.15, 0.2) is 5.58 Å². The van der Waals surface area contributed by atoms with Crippen LogP contribution < -0.4 is 5.43 Å². The number of hydrogen-bond acceptors (Lipinski definition) is 4. The van der Waals surface area contributed by atoms with E-state index >= 15 is 0 Å². The van der Waals surface area contributed by atoms with Crippen LogP contribution in [0.5, 0.6) is 0 Å². The van der Waals surface area contributed by atoms with E-state index in [1.165, 1.54) is 24.5 Å². The standard InChI is InChI=1S/C17H14O5S/c1-3-9-6-12-15(18)11-8-10(17(19)20)4-5-13(11)22-16(12)14(7-9)23(2)21/h4-8H,3H2,1-2H3,(H,19,20). The molecule has 1 N–H and O–H groups in total. The van der Waals surface area contributed by atoms with E-state index in [9.17, 15) is 13.8 Å². The summed E-state index contributed by atoms with van der Waals surface area (Å²) in [6, 6.07) is 7.63. The molecular weight excluding hydrogens is 316 g/mol. The zero-order valence-corrected chi connectivity index (χ0v) is 13.4. The fourth-order valence-electron chi connectivity index (χ4n) is 2.54. The number of aryl methyl sites for hydroxylation is 1. The van der Waals surface area contributed by atoms with Crippen molar-refractivity contribution in [2.24, 2.45) is 0 Å². The van der Waals surface area contributed by atoms with Gasteiger partial charge in [0.2, 0.25) is 5.43 Å². The highest BCUT2D eigenvalue weighted by atomic mass is 32.2. The number of benzene rings is 2. The maximum Gasteiger partial charge on any atom is 0.335 e. The van der Waals surface area contributed by atoms with E-state index in [0.29, 0.717) is 22.3 Å². The van der Waals surface area contributed by atoms with Crippen molar-refractivity contribution in [3.63, 3.8) is 0 Å². The Balaban J connectivity index is 2.50. The van der Waals surface area contributed by atoms with Crippen molar-refractivity contribution in [3.8, 4) is 0 Å². The summed E-state index contributed by atoms with van der Waals surface area (Å²) in [5.41, 5.74) is 1.16. The fourth-order valence-corrected chi connectivity index (χ4v) is 3.27. The van der Waals surface area contributed by atoms with Gasteiger partial charge in [0.25, 0.3) is 0 Å². The summed E-state index contributed by atoms with van der Waals surface area (Å²) in [5, 5.41) is 9.61. The first-order valence-electron chi connectivity index (χ1n) is 7.02. The molecule has 0 bridgehead atoms. The lowest BCUT2D eigenvalue weighted by atomic mass is 10.1. The second kappa shape index (κ2) is 5.62. The van der Waals surface area contributed by atoms with Crippen LogP contribution in [-0.2, 0) is 17.2 Å². The molecule has 0 saturated carbocycles. The highest BCUT2D eigenvalue weighted by Crippen LogP contribution is 2.26. The second-order valence-corrected chi connectivity index (χ2v) is 6.57. The van der Waals surface area contributed by atoms with Gasteiger partial charge in [-0.2, -0.15) is 0 Å². The van der Waals surface area contributed by atoms with Crippen LogP contribution in [0.15, 0.2) is 44.4 Å². The van der Waals surface area contributed by atoms with Gasteiger partial charge >= 0.3 is 5.97 Å². The van der Waals surface area contributed by atoms with Crippen LogP contribution in [0.2, 0.25) is 0 Å². The summed E-state index contributed by atoms with van der Waals surface area (Å²) < 4.78 is 17.8. The molecule has 0 fully saturated rings. The van der Waals surface area contributed by atoms with Crippen LogP contribution in [0.1, 0.15) is 22.8 Å². The molecule has 0 saturated heterocycles. The molecule has 1 aromatic heterocycles. The minimum absolute atomic E-state index is 0.0232. The number of carboxylic acids is 1. The van der Waals surface area contributed by atoms with Gasteiger partial charge < -0.3 is 9.52 Å². The van der Waals surface area contributed by atoms with Crippen LogP contribution in [0.3, 0.4) is 0 Å². The van der Waals surface area contributed by atoms with E-state index in [1.54, 1.807) is 12.1 Å². The number of fused-ring (bicyclic) bond motifs is 2. The molecule has 118 valence electrons. The molecule has 23 heavy (non-hydrogen) atoms. The zero-order chi connectivity index (χ0) is 16.7. The Morgan fingerprint density at radius 3 is 2.57 bits per heavy atom. The summed E-state index contributed by atoms with van der Waals surface area (Å²) in [4.78, 5) is 24.3. The average molecular weight is 330 g/mol. The summed E-state index contributed by atoms with van der Waals surface area (Å²) in [7, 11) is -1.31. The van der Waals surface area contributed by atoms with E-state index in [1.807, 2.05) is 6.92 Å². The molecule has 0 aliphatic rings. The fraction of sp³-hybridized carbons (Fsp3) is 0.176. The van der Waals surface area contributed by atoms with Crippen LogP contribution in [0.25, 0.3) is 21.9 Å². The number of rotatable bonds is 3. The first kappa shape index (κ1) is 15.4. The van der Waals surface area contributed by atoms with Gasteiger partial charge in [0, 0.05) is 6.26 Å². The Morgan fingerprint density at radius 1 is 1.22 bits per heavy atom. The maximum atomic E-state index is 12.8. The number of hydrogen-bond donors (Lipinski definition) is 1. The summed E-state index contributed by atoms with van der Waals surface area (Å²) in [6.45, 7) is 1.94. The molecule has 0 radical (unpaired) electrons. The molecule has 3 aromatic rings. The van der Waals surface area contributed by atoms with Crippen molar-refractivity contribution in [2.45, 2.75) is 18.2 Å². The first-order valence-corrected chi connectivity index (χ1v) is 8.58. The number of carbonyl (C=O) groups is 1. The second-order valence-electron chi connectivity index (χ2n) is 5.23. The molecule has 0 spiro atoms. The van der Waals surface area contributed by atoms with E-state index in [-0.39, 0.29) is 22.0 Å². The van der Waals surface area contributed by atoms with Gasteiger partial charge in [-0.3, -0.25) is 9.00 Å². The molecular formula is C17H14O5S. The smallest absolute Gasteiger partial charge is 0.335 e. The van der Waals surface area contributed by atoms with Crippen molar-refractivity contribution < 1.29 is 18.5 Å². The Hall–Kier alpha value is -2.47. The highest BCUT2D eigenvalue weighted by molar-refractivity contribution is 7.84. The summed E-state index contributed by atoms with van der Waals surface area (Å²) in [6.07, 6.45) is 2.22. The minimum Gasteiger partial charge on any atom is -0.478 e. The van der Waals surface area contributed by atoms with Crippen LogP contribution in [-0.4, -0.2) is 21.5 Å². The van der Waals surface area contributed by atoms with Crippen LogP contribution >= 0.6 is 0 Å². The molecule has 5 nitrogen and oxygen atoms in total. The average Bonchev–Trinajstić information content (AvgIpc) is 2.53. The van der Waals surface area contributed by atoms with Gasteiger partial charge in [-0.25, -0.2) is 4.79 Å². The third kappa shape index (κ3) is 2.55. The van der Waals surface area contributed by atoms with Crippen molar-refractivity contribution in [1.82, 2.24) is 0 Å². The lowest BCUT2D eigenvalue weighted by Crippen LogP contribution is -2.07. The molecule has 0 aliphatic heterocycles. The topological polar surface area (TPSA) is 84.6 Å². The lowest BCUT2D eigenvalue weighted by molar-refractivity contribution is 0.0697. The van der Waals surface area contributed by atoms with E-state index < -0.39 is 16.8 Å². The molecule has 3 rings (SSSR count). The third-order valence-electron chi connectivity index (χ3n) is 3.76. The molecule has 1 unspecified atom stereocenters. The normalized spacial score (nSPS) is 12.6. The zero-order valence-electron chi connectivity index (χ0n) is 12.6. The third-order valence-corrected chi connectivity index (χ3v) is 4.68. The Labute approximate surface area is 134 Å². The quantitative estimate of drug-likeness (QED) is 0.746. The van der Waals surface area contributed by atoms with Gasteiger partial charge in [0.05, 0.1) is 32.0 Å². The molecule has 1 atom stereocenters. The molecule has 1 heterocycles. The van der Waals surface area contributed by atoms with Gasteiger partial charge in [-0.05, 0) is 42.3 Å². The van der Waals surface area contributed by atoms with Gasteiger partial charge in [0.1, 0.15) is 5.58 Å². The van der Waals surface area contributed by atoms with Crippen molar-refractivity contribution >= 4 is 38.7 Å². The van der Waals surface area contributed by atoms with Crippen LogP contribution in [0.4, 0.5) is 0 Å². The molecule has 6 heteroatoms. The van der Waals surface area contributed by atoms with E-state index in [0.717, 1.165) is 5.56 Å². The molecule has 0 aliphatic carbocycles. The largest absolute Gasteiger partial charge is 0.478 e. The highest BCUT2D eigenvalue weighted by Gasteiger charge is 2.16. The Bertz CT molecular complexity index is 1030. The molecule has 0 amide bonds. The summed E-state index contributed by atoms with van der Waals surface area (Å²) in [5.74, 6) is -1.11. The molecule has 2 aromatic carbocycles. The maximum absolute atomic E-state index is 12.8. The Morgan fingerprint density at radius 2 is 1.96 bits per heavy atom. The number of aromatic carboxylic acids is 1. The van der Waals surface area contributed by atoms with Gasteiger partial charge in [-0.15, -0.1) is 0 Å². The van der Waals surface area contributed by atoms with Crippen LogP contribution in [0, 0.1) is 0 Å². The van der Waals surface area contributed by atoms with Crippen molar-refractivity contribution in [3.05, 3.63) is 51.7 Å². The van der Waals surface area contributed by atoms with Crippen molar-refractivity contribution in [1.29, 1.82) is 0 Å². The van der Waals surface area contributed by atoms with E-state index in [2.05, 4.69) is 0 Å². The predicted octanol–water partition coefficient (Wildman–Crippen LogP) is 2.94. The lowest BCUT2D eigenvalue weighted by Gasteiger charge is -2.08. The SMILES string of the molecule is CCc1cc(S(C)=O)c2oc3ccc(C(=O)O)cc3c(=O)c2c1. The Kier molecular flexibility index (Phi) is 3.77.